The van der Waals surface area contributed by atoms with Gasteiger partial charge in [0.2, 0.25) is 0 Å². The van der Waals surface area contributed by atoms with Crippen molar-refractivity contribution in [2.45, 2.75) is 55.6 Å². The first kappa shape index (κ1) is 21.3. The van der Waals surface area contributed by atoms with E-state index in [2.05, 4.69) is 94.8 Å². The molecule has 1 N–H and O–H groups in total. The molecule has 2 aromatic carbocycles. The topological polar surface area (TPSA) is 38.8 Å². The Bertz CT molecular complexity index is 913. The molecule has 1 saturated carbocycles. The van der Waals surface area contributed by atoms with Crippen molar-refractivity contribution in [1.82, 2.24) is 15.1 Å². The number of amides is 2. The molecule has 2 heterocycles. The largest absolute Gasteiger partial charge is 0.371 e. The highest BCUT2D eigenvalue weighted by Gasteiger charge is 2.51. The number of nitrogens with zero attached hydrogens (tertiary/aromatic N) is 3. The van der Waals surface area contributed by atoms with Crippen LogP contribution in [0.15, 0.2) is 60.7 Å². The second-order valence-electron chi connectivity index (χ2n) is 10.2. The normalized spacial score (nSPS) is 29.0. The molecule has 2 amide bonds. The molecule has 0 bridgehead atoms. The SMILES string of the molecule is CN(C)C1(c2ccccc2)CCC2(CC1)CN(C1CCN(c3ccccc3)CC1)C(=O)N2. The zero-order valence-electron chi connectivity index (χ0n) is 19.5. The van der Waals surface area contributed by atoms with E-state index in [0.29, 0.717) is 6.04 Å². The molecule has 2 aromatic rings. The lowest BCUT2D eigenvalue weighted by atomic mass is 9.69. The Morgan fingerprint density at radius 2 is 1.47 bits per heavy atom. The van der Waals surface area contributed by atoms with Gasteiger partial charge in [-0.25, -0.2) is 4.79 Å². The van der Waals surface area contributed by atoms with E-state index < -0.39 is 0 Å². The van der Waals surface area contributed by atoms with Crippen LogP contribution in [0.2, 0.25) is 0 Å². The van der Waals surface area contributed by atoms with Gasteiger partial charge in [0.05, 0.1) is 5.54 Å². The molecular formula is C27H36N4O. The molecule has 170 valence electrons. The summed E-state index contributed by atoms with van der Waals surface area (Å²) in [5.74, 6) is 0. The minimum atomic E-state index is -0.0675. The van der Waals surface area contributed by atoms with Crippen LogP contribution < -0.4 is 10.2 Å². The van der Waals surface area contributed by atoms with Crippen LogP contribution in [-0.4, -0.2) is 61.1 Å². The quantitative estimate of drug-likeness (QED) is 0.776. The second kappa shape index (κ2) is 8.43. The molecule has 5 heteroatoms. The van der Waals surface area contributed by atoms with Crippen LogP contribution in [0.25, 0.3) is 0 Å². The van der Waals surface area contributed by atoms with Gasteiger partial charge in [0.25, 0.3) is 0 Å². The van der Waals surface area contributed by atoms with E-state index in [-0.39, 0.29) is 17.1 Å². The third-order valence-electron chi connectivity index (χ3n) is 8.33. The predicted molar refractivity (Wildman–Crippen MR) is 130 cm³/mol. The van der Waals surface area contributed by atoms with Crippen LogP contribution in [0.1, 0.15) is 44.1 Å². The standard InChI is InChI=1S/C27H36N4O/c1-29(2)27(22-9-5-3-6-10-22)17-15-26(16-18-27)21-31(25(32)28-26)24-13-19-30(20-14-24)23-11-7-4-8-12-23/h3-12,24H,13-21H2,1-2H3,(H,28,32). The summed E-state index contributed by atoms with van der Waals surface area (Å²) in [5, 5.41) is 3.44. The molecule has 0 unspecified atom stereocenters. The maximum Gasteiger partial charge on any atom is 0.318 e. The molecule has 0 aromatic heterocycles. The first-order valence-corrected chi connectivity index (χ1v) is 12.1. The number of rotatable bonds is 4. The van der Waals surface area contributed by atoms with Crippen molar-refractivity contribution in [3.63, 3.8) is 0 Å². The van der Waals surface area contributed by atoms with Gasteiger partial charge in [0, 0.05) is 36.9 Å². The highest BCUT2D eigenvalue weighted by molar-refractivity contribution is 5.78. The van der Waals surface area contributed by atoms with Gasteiger partial charge in [0.15, 0.2) is 0 Å². The van der Waals surface area contributed by atoms with E-state index in [1.54, 1.807) is 0 Å². The fourth-order valence-electron chi connectivity index (χ4n) is 6.27. The minimum absolute atomic E-state index is 0.0612. The second-order valence-corrected chi connectivity index (χ2v) is 10.2. The Labute approximate surface area is 192 Å². The summed E-state index contributed by atoms with van der Waals surface area (Å²) in [6.45, 7) is 2.90. The van der Waals surface area contributed by atoms with Crippen molar-refractivity contribution in [1.29, 1.82) is 0 Å². The number of urea groups is 1. The first-order chi connectivity index (χ1) is 15.5. The molecule has 1 spiro atoms. The minimum Gasteiger partial charge on any atom is -0.371 e. The Hall–Kier alpha value is -2.53. The lowest BCUT2D eigenvalue weighted by molar-refractivity contribution is 0.0598. The predicted octanol–water partition coefficient (Wildman–Crippen LogP) is 4.45. The van der Waals surface area contributed by atoms with E-state index in [4.69, 9.17) is 0 Å². The summed E-state index contributed by atoms with van der Waals surface area (Å²) < 4.78 is 0. The smallest absolute Gasteiger partial charge is 0.318 e. The lowest BCUT2D eigenvalue weighted by Crippen LogP contribution is -2.54. The monoisotopic (exact) mass is 432 g/mol. The van der Waals surface area contributed by atoms with Crippen LogP contribution in [0, 0.1) is 0 Å². The highest BCUT2D eigenvalue weighted by Crippen LogP contribution is 2.46. The molecule has 2 saturated heterocycles. The maximum atomic E-state index is 13.1. The number of hydrogen-bond acceptors (Lipinski definition) is 3. The average molecular weight is 433 g/mol. The summed E-state index contributed by atoms with van der Waals surface area (Å²) in [5.41, 5.74) is 2.68. The third kappa shape index (κ3) is 3.77. The fourth-order valence-corrected chi connectivity index (χ4v) is 6.27. The van der Waals surface area contributed by atoms with Gasteiger partial charge >= 0.3 is 6.03 Å². The number of carbonyl (C=O) groups excluding carboxylic acids is 1. The van der Waals surface area contributed by atoms with Gasteiger partial charge < -0.3 is 15.1 Å². The molecule has 0 radical (unpaired) electrons. The lowest BCUT2D eigenvalue weighted by Gasteiger charge is -2.49. The number of anilines is 1. The Balaban J connectivity index is 1.24. The van der Waals surface area contributed by atoms with Gasteiger partial charge in [-0.3, -0.25) is 4.90 Å². The van der Waals surface area contributed by atoms with Gasteiger partial charge in [-0.1, -0.05) is 48.5 Å². The number of nitrogens with one attached hydrogen (secondary N) is 1. The Kier molecular flexibility index (Phi) is 5.62. The molecule has 32 heavy (non-hydrogen) atoms. The van der Waals surface area contributed by atoms with Crippen LogP contribution in [0.4, 0.5) is 10.5 Å². The summed E-state index contributed by atoms with van der Waals surface area (Å²) in [4.78, 5) is 20.1. The number of para-hydroxylation sites is 1. The zero-order valence-corrected chi connectivity index (χ0v) is 19.5. The van der Waals surface area contributed by atoms with Crippen LogP contribution in [-0.2, 0) is 5.54 Å². The summed E-state index contributed by atoms with van der Waals surface area (Å²) in [6, 6.07) is 22.0. The summed E-state index contributed by atoms with van der Waals surface area (Å²) >= 11 is 0. The van der Waals surface area contributed by atoms with Crippen molar-refractivity contribution in [3.05, 3.63) is 66.2 Å². The molecule has 5 nitrogen and oxygen atoms in total. The fraction of sp³-hybridized carbons (Fsp3) is 0.519. The van der Waals surface area contributed by atoms with E-state index in [1.165, 1.54) is 11.3 Å². The molecule has 2 aliphatic heterocycles. The number of carbonyl (C=O) groups is 1. The summed E-state index contributed by atoms with van der Waals surface area (Å²) in [7, 11) is 4.40. The summed E-state index contributed by atoms with van der Waals surface area (Å²) in [6.07, 6.45) is 6.31. The van der Waals surface area contributed by atoms with Crippen molar-refractivity contribution < 1.29 is 4.79 Å². The van der Waals surface area contributed by atoms with E-state index in [1.807, 2.05) is 0 Å². The third-order valence-corrected chi connectivity index (χ3v) is 8.33. The van der Waals surface area contributed by atoms with Crippen molar-refractivity contribution in [2.75, 3.05) is 38.6 Å². The molecule has 3 fully saturated rings. The molecule has 0 atom stereocenters. The van der Waals surface area contributed by atoms with E-state index in [0.717, 1.165) is 58.2 Å². The van der Waals surface area contributed by atoms with Crippen molar-refractivity contribution in [3.8, 4) is 0 Å². The first-order valence-electron chi connectivity index (χ1n) is 12.1. The zero-order chi connectivity index (χ0) is 22.2. The van der Waals surface area contributed by atoms with Gasteiger partial charge in [-0.15, -0.1) is 0 Å². The molecule has 1 aliphatic carbocycles. The molecule has 5 rings (SSSR count). The van der Waals surface area contributed by atoms with Crippen LogP contribution in [0.3, 0.4) is 0 Å². The van der Waals surface area contributed by atoms with Crippen LogP contribution in [0.5, 0.6) is 0 Å². The van der Waals surface area contributed by atoms with Gasteiger partial charge in [0.1, 0.15) is 0 Å². The molecule has 3 aliphatic rings. The maximum absolute atomic E-state index is 13.1. The number of piperidine rings is 1. The van der Waals surface area contributed by atoms with Crippen LogP contribution >= 0.6 is 0 Å². The highest BCUT2D eigenvalue weighted by atomic mass is 16.2. The Morgan fingerprint density at radius 1 is 0.875 bits per heavy atom. The van der Waals surface area contributed by atoms with Gasteiger partial charge in [-0.2, -0.15) is 0 Å². The Morgan fingerprint density at radius 3 is 2.06 bits per heavy atom. The van der Waals surface area contributed by atoms with Crippen molar-refractivity contribution in [2.24, 2.45) is 0 Å². The van der Waals surface area contributed by atoms with Gasteiger partial charge in [-0.05, 0) is 70.3 Å². The average Bonchev–Trinajstić information content (AvgIpc) is 3.16. The number of hydrogen-bond donors (Lipinski definition) is 1. The van der Waals surface area contributed by atoms with E-state index in [9.17, 15) is 4.79 Å². The van der Waals surface area contributed by atoms with Crippen molar-refractivity contribution >= 4 is 11.7 Å². The number of benzene rings is 2. The molecular weight excluding hydrogens is 396 g/mol. The van der Waals surface area contributed by atoms with E-state index >= 15 is 0 Å².